The zero-order valence-corrected chi connectivity index (χ0v) is 8.13. The van der Waals surface area contributed by atoms with Gasteiger partial charge in [0.05, 0.1) is 18.1 Å². The topological polar surface area (TPSA) is 113 Å². The van der Waals surface area contributed by atoms with E-state index in [1.54, 1.807) is 6.07 Å². The van der Waals surface area contributed by atoms with E-state index in [4.69, 9.17) is 5.26 Å². The number of aromatic hydroxyl groups is 1. The third-order valence-corrected chi connectivity index (χ3v) is 1.84. The molecule has 0 bridgehead atoms. The highest BCUT2D eigenvalue weighted by atomic mass is 16.6. The monoisotopic (exact) mass is 222 g/mol. The smallest absolute Gasteiger partial charge is 0.341 e. The van der Waals surface area contributed by atoms with Crippen molar-refractivity contribution in [2.24, 2.45) is 0 Å². The molecule has 0 aliphatic heterocycles. The van der Waals surface area contributed by atoms with Crippen molar-refractivity contribution in [3.8, 4) is 11.8 Å². The molecule has 0 radical (unpaired) electrons. The van der Waals surface area contributed by atoms with E-state index in [2.05, 4.69) is 4.74 Å². The maximum atomic E-state index is 11.1. The fraction of sp³-hybridized carbons (Fsp3) is 0.111. The molecule has 0 amide bonds. The van der Waals surface area contributed by atoms with Gasteiger partial charge in [-0.25, -0.2) is 4.79 Å². The van der Waals surface area contributed by atoms with Crippen molar-refractivity contribution in [3.63, 3.8) is 0 Å². The highest BCUT2D eigenvalue weighted by Gasteiger charge is 2.21. The Morgan fingerprint density at radius 1 is 1.62 bits per heavy atom. The Bertz CT molecular complexity index is 503. The van der Waals surface area contributed by atoms with Gasteiger partial charge < -0.3 is 9.84 Å². The molecular formula is C9H6N2O5. The first-order valence-electron chi connectivity index (χ1n) is 4.01. The number of rotatable bonds is 2. The van der Waals surface area contributed by atoms with Crippen LogP contribution in [0.4, 0.5) is 5.69 Å². The molecule has 1 aromatic rings. The summed E-state index contributed by atoms with van der Waals surface area (Å²) in [7, 11) is 1.09. The molecule has 0 fully saturated rings. The standard InChI is InChI=1S/C9H6N2O5/c1-16-9(13)6-2-5(4-10)7(11(14)15)3-8(6)12/h2-3,12H,1H3. The molecule has 0 saturated carbocycles. The van der Waals surface area contributed by atoms with Gasteiger partial charge in [-0.3, -0.25) is 10.1 Å². The maximum Gasteiger partial charge on any atom is 0.341 e. The zero-order chi connectivity index (χ0) is 12.3. The van der Waals surface area contributed by atoms with E-state index >= 15 is 0 Å². The fourth-order valence-electron chi connectivity index (χ4n) is 1.09. The van der Waals surface area contributed by atoms with Crippen molar-refractivity contribution in [3.05, 3.63) is 33.4 Å². The van der Waals surface area contributed by atoms with Crippen LogP contribution in [0.3, 0.4) is 0 Å². The number of esters is 1. The van der Waals surface area contributed by atoms with Gasteiger partial charge in [0.15, 0.2) is 0 Å². The van der Waals surface area contributed by atoms with E-state index in [1.807, 2.05) is 0 Å². The molecule has 7 heteroatoms. The van der Waals surface area contributed by atoms with E-state index in [1.165, 1.54) is 0 Å². The van der Waals surface area contributed by atoms with Crippen LogP contribution in [0.15, 0.2) is 12.1 Å². The van der Waals surface area contributed by atoms with Crippen LogP contribution in [-0.4, -0.2) is 23.1 Å². The lowest BCUT2D eigenvalue weighted by molar-refractivity contribution is -0.385. The number of hydrogen-bond acceptors (Lipinski definition) is 6. The fourth-order valence-corrected chi connectivity index (χ4v) is 1.09. The lowest BCUT2D eigenvalue weighted by Crippen LogP contribution is -2.03. The Labute approximate surface area is 89.6 Å². The molecule has 0 spiro atoms. The molecule has 0 saturated heterocycles. The van der Waals surface area contributed by atoms with Crippen LogP contribution in [0.2, 0.25) is 0 Å². The number of ether oxygens (including phenoxy) is 1. The van der Waals surface area contributed by atoms with Crippen LogP contribution < -0.4 is 0 Å². The Morgan fingerprint density at radius 3 is 2.69 bits per heavy atom. The molecule has 16 heavy (non-hydrogen) atoms. The SMILES string of the molecule is COC(=O)c1cc(C#N)c([N+](=O)[O-])cc1O. The molecule has 0 heterocycles. The second-order valence-corrected chi connectivity index (χ2v) is 2.75. The quantitative estimate of drug-likeness (QED) is 0.452. The molecule has 7 nitrogen and oxygen atoms in total. The number of nitriles is 1. The summed E-state index contributed by atoms with van der Waals surface area (Å²) in [5.41, 5.74) is -1.17. The lowest BCUT2D eigenvalue weighted by atomic mass is 10.1. The van der Waals surface area contributed by atoms with Gasteiger partial charge in [0.1, 0.15) is 22.9 Å². The summed E-state index contributed by atoms with van der Waals surface area (Å²) in [6, 6.07) is 3.22. The van der Waals surface area contributed by atoms with Crippen LogP contribution in [0, 0.1) is 21.4 Å². The number of hydrogen-bond donors (Lipinski definition) is 1. The summed E-state index contributed by atoms with van der Waals surface area (Å²) in [4.78, 5) is 20.8. The number of phenols is 1. The van der Waals surface area contributed by atoms with Gasteiger partial charge in [-0.2, -0.15) is 5.26 Å². The molecule has 0 aliphatic rings. The highest BCUT2D eigenvalue weighted by molar-refractivity contribution is 5.93. The number of benzene rings is 1. The number of nitro benzene ring substituents is 1. The first-order valence-corrected chi connectivity index (χ1v) is 4.01. The van der Waals surface area contributed by atoms with Gasteiger partial charge in [-0.1, -0.05) is 0 Å². The van der Waals surface area contributed by atoms with Crippen molar-refractivity contribution in [1.29, 1.82) is 5.26 Å². The van der Waals surface area contributed by atoms with Crippen molar-refractivity contribution in [2.45, 2.75) is 0 Å². The van der Waals surface area contributed by atoms with Gasteiger partial charge in [-0.05, 0) is 6.07 Å². The molecule has 0 aliphatic carbocycles. The number of nitrogens with zero attached hydrogens (tertiary/aromatic N) is 2. The summed E-state index contributed by atoms with van der Waals surface area (Å²) < 4.78 is 4.34. The first-order chi connectivity index (χ1) is 7.51. The maximum absolute atomic E-state index is 11.1. The first kappa shape index (κ1) is 11.5. The van der Waals surface area contributed by atoms with E-state index in [0.717, 1.165) is 19.2 Å². The molecule has 0 atom stereocenters. The van der Waals surface area contributed by atoms with Crippen molar-refractivity contribution < 1.29 is 19.6 Å². The van der Waals surface area contributed by atoms with Crippen LogP contribution in [0.25, 0.3) is 0 Å². The second-order valence-electron chi connectivity index (χ2n) is 2.75. The minimum absolute atomic E-state index is 0.287. The second kappa shape index (κ2) is 4.27. The summed E-state index contributed by atoms with van der Waals surface area (Å²) in [6.07, 6.45) is 0. The molecule has 0 aromatic heterocycles. The molecule has 82 valence electrons. The minimum atomic E-state index is -0.871. The number of carbonyl (C=O) groups excluding carboxylic acids is 1. The minimum Gasteiger partial charge on any atom is -0.507 e. The van der Waals surface area contributed by atoms with Gasteiger partial charge >= 0.3 is 5.97 Å². The van der Waals surface area contributed by atoms with Crippen molar-refractivity contribution in [1.82, 2.24) is 0 Å². The molecule has 0 unspecified atom stereocenters. The predicted molar refractivity (Wildman–Crippen MR) is 50.8 cm³/mol. The predicted octanol–water partition coefficient (Wildman–Crippen LogP) is 0.959. The average Bonchev–Trinajstić information content (AvgIpc) is 2.27. The zero-order valence-electron chi connectivity index (χ0n) is 8.13. The van der Waals surface area contributed by atoms with Gasteiger partial charge in [0.2, 0.25) is 0 Å². The summed E-state index contributed by atoms with van der Waals surface area (Å²) >= 11 is 0. The van der Waals surface area contributed by atoms with E-state index in [-0.39, 0.29) is 11.1 Å². The van der Waals surface area contributed by atoms with E-state index in [9.17, 15) is 20.0 Å². The van der Waals surface area contributed by atoms with Gasteiger partial charge in [0.25, 0.3) is 5.69 Å². The van der Waals surface area contributed by atoms with Gasteiger partial charge in [0, 0.05) is 0 Å². The Balaban J connectivity index is 3.44. The molecule has 1 aromatic carbocycles. The summed E-state index contributed by atoms with van der Waals surface area (Å²) in [5, 5.41) is 28.5. The Kier molecular flexibility index (Phi) is 3.06. The largest absolute Gasteiger partial charge is 0.507 e. The molecule has 1 rings (SSSR count). The number of methoxy groups -OCH3 is 1. The number of carbonyl (C=O) groups is 1. The Morgan fingerprint density at radius 2 is 2.25 bits per heavy atom. The van der Waals surface area contributed by atoms with Gasteiger partial charge in [-0.15, -0.1) is 0 Å². The van der Waals surface area contributed by atoms with E-state index < -0.39 is 22.3 Å². The summed E-state index contributed by atoms with van der Waals surface area (Å²) in [5.74, 6) is -1.47. The number of phenolic OH excluding ortho intramolecular Hbond substituents is 1. The average molecular weight is 222 g/mol. The normalized spacial score (nSPS) is 9.25. The highest BCUT2D eigenvalue weighted by Crippen LogP contribution is 2.28. The van der Waals surface area contributed by atoms with E-state index in [0.29, 0.717) is 0 Å². The third kappa shape index (κ3) is 1.90. The number of nitro groups is 1. The van der Waals surface area contributed by atoms with Crippen molar-refractivity contribution >= 4 is 11.7 Å². The Hall–Kier alpha value is -2.62. The lowest BCUT2D eigenvalue weighted by Gasteiger charge is -2.03. The molecular weight excluding hydrogens is 216 g/mol. The summed E-state index contributed by atoms with van der Waals surface area (Å²) in [6.45, 7) is 0. The van der Waals surface area contributed by atoms with Crippen LogP contribution in [0.1, 0.15) is 15.9 Å². The van der Waals surface area contributed by atoms with Crippen LogP contribution in [0.5, 0.6) is 5.75 Å². The van der Waals surface area contributed by atoms with Crippen molar-refractivity contribution in [2.75, 3.05) is 7.11 Å². The van der Waals surface area contributed by atoms with Crippen LogP contribution >= 0.6 is 0 Å². The molecule has 1 N–H and O–H groups in total. The third-order valence-electron chi connectivity index (χ3n) is 1.84. The van der Waals surface area contributed by atoms with Crippen LogP contribution in [-0.2, 0) is 4.74 Å².